The number of hydrogen-bond donors (Lipinski definition) is 3. The molecule has 0 unspecified atom stereocenters. The molecule has 0 spiro atoms. The number of aromatic nitrogens is 1. The van der Waals surface area contributed by atoms with Crippen LogP contribution in [-0.2, 0) is 0 Å². The van der Waals surface area contributed by atoms with E-state index in [1.165, 1.54) is 0 Å². The van der Waals surface area contributed by atoms with Gasteiger partial charge in [0.05, 0.1) is 0 Å². The number of aromatic hydroxyl groups is 1. The van der Waals surface area contributed by atoms with E-state index in [0.29, 0.717) is 5.92 Å². The minimum atomic E-state index is -0.681. The molecule has 1 aromatic heterocycles. The van der Waals surface area contributed by atoms with Crippen LogP contribution in [0, 0.1) is 22.7 Å². The fourth-order valence-corrected chi connectivity index (χ4v) is 2.54. The molecule has 1 aliphatic rings. The van der Waals surface area contributed by atoms with Crippen molar-refractivity contribution in [2.24, 2.45) is 0 Å². The van der Waals surface area contributed by atoms with E-state index < -0.39 is 5.56 Å². The van der Waals surface area contributed by atoms with Crippen molar-refractivity contribution in [3.63, 3.8) is 0 Å². The molecule has 0 amide bonds. The predicted molar refractivity (Wildman–Crippen MR) is 80.0 cm³/mol. The van der Waals surface area contributed by atoms with E-state index in [1.54, 1.807) is 18.2 Å². The van der Waals surface area contributed by atoms with Gasteiger partial charge in [-0.1, -0.05) is 12.1 Å². The maximum atomic E-state index is 11.9. The molecule has 3 rings (SSSR count). The average Bonchev–Trinajstić information content (AvgIpc) is 3.31. The van der Waals surface area contributed by atoms with E-state index in [2.05, 4.69) is 4.98 Å². The summed E-state index contributed by atoms with van der Waals surface area (Å²) in [4.78, 5) is 14.2. The minimum absolute atomic E-state index is 0.0226. The Balaban J connectivity index is 2.30. The van der Waals surface area contributed by atoms with E-state index in [9.17, 15) is 20.4 Å². The lowest BCUT2D eigenvalue weighted by Crippen LogP contribution is -2.16. The van der Waals surface area contributed by atoms with Crippen LogP contribution in [0.15, 0.2) is 23.0 Å². The summed E-state index contributed by atoms with van der Waals surface area (Å²) in [5, 5.41) is 28.8. The first-order valence-corrected chi connectivity index (χ1v) is 6.76. The molecule has 6 heteroatoms. The molecule has 22 heavy (non-hydrogen) atoms. The summed E-state index contributed by atoms with van der Waals surface area (Å²) in [6.45, 7) is 0. The Labute approximate surface area is 126 Å². The first-order valence-electron chi connectivity index (χ1n) is 6.76. The van der Waals surface area contributed by atoms with Crippen LogP contribution in [0.2, 0.25) is 0 Å². The second-order valence-electron chi connectivity index (χ2n) is 5.27. The predicted octanol–water partition coefficient (Wildman–Crippen LogP) is 1.95. The van der Waals surface area contributed by atoms with E-state index in [-0.39, 0.29) is 33.8 Å². The van der Waals surface area contributed by atoms with Crippen molar-refractivity contribution in [2.75, 3.05) is 5.73 Å². The lowest BCUT2D eigenvalue weighted by molar-refractivity contribution is 0.476. The summed E-state index contributed by atoms with van der Waals surface area (Å²) in [5.41, 5.74) is 6.07. The number of phenolic OH excluding ortho intramolecular Hbond substituents is 1. The topological polar surface area (TPSA) is 127 Å². The first-order chi connectivity index (χ1) is 10.6. The van der Waals surface area contributed by atoms with Crippen LogP contribution < -0.4 is 11.3 Å². The van der Waals surface area contributed by atoms with Crippen molar-refractivity contribution < 1.29 is 5.11 Å². The zero-order valence-electron chi connectivity index (χ0n) is 11.6. The van der Waals surface area contributed by atoms with Gasteiger partial charge in [-0.15, -0.1) is 0 Å². The second-order valence-corrected chi connectivity index (χ2v) is 5.27. The number of phenols is 1. The number of aromatic amines is 1. The van der Waals surface area contributed by atoms with Crippen LogP contribution in [0.1, 0.15) is 35.4 Å². The van der Waals surface area contributed by atoms with Gasteiger partial charge in [-0.25, -0.2) is 0 Å². The van der Waals surface area contributed by atoms with Crippen molar-refractivity contribution in [2.45, 2.75) is 18.8 Å². The summed E-state index contributed by atoms with van der Waals surface area (Å²) in [5.74, 6) is 0.268. The number of nitrogens with two attached hydrogens (primary N) is 1. The highest BCUT2D eigenvalue weighted by atomic mass is 16.3. The SMILES string of the molecule is N#Cc1c(N)[nH]c(=O)c(C#N)c1-c1ccc(C2CC2)cc1O. The zero-order chi connectivity index (χ0) is 15.9. The molecule has 1 aromatic carbocycles. The Morgan fingerprint density at radius 1 is 1.23 bits per heavy atom. The number of nitrogen functional groups attached to an aromatic ring is 1. The molecule has 1 heterocycles. The molecule has 0 saturated heterocycles. The molecular weight excluding hydrogens is 280 g/mol. The number of nitrogens with zero attached hydrogens (tertiary/aromatic N) is 2. The maximum absolute atomic E-state index is 11.9. The zero-order valence-corrected chi connectivity index (χ0v) is 11.6. The fraction of sp³-hybridized carbons (Fsp3) is 0.188. The summed E-state index contributed by atoms with van der Waals surface area (Å²) >= 11 is 0. The second kappa shape index (κ2) is 4.94. The quantitative estimate of drug-likeness (QED) is 0.779. The standard InChI is InChI=1S/C16H12N4O2/c17-6-11-14(12(7-18)16(22)20-15(11)19)10-4-3-9(5-13(10)21)8-1-2-8/h3-5,8,21H,1-2H2,(H3,19,20,22). The van der Waals surface area contributed by atoms with Crippen molar-refractivity contribution >= 4 is 5.82 Å². The van der Waals surface area contributed by atoms with Crippen molar-refractivity contribution in [3.05, 3.63) is 45.2 Å². The van der Waals surface area contributed by atoms with Crippen LogP contribution in [0.5, 0.6) is 5.75 Å². The van der Waals surface area contributed by atoms with Gasteiger partial charge in [0, 0.05) is 11.1 Å². The lowest BCUT2D eigenvalue weighted by Gasteiger charge is -2.11. The molecule has 0 radical (unpaired) electrons. The Kier molecular flexibility index (Phi) is 3.08. The van der Waals surface area contributed by atoms with Gasteiger partial charge in [0.1, 0.15) is 34.8 Å². The van der Waals surface area contributed by atoms with Crippen LogP contribution in [0.4, 0.5) is 5.82 Å². The van der Waals surface area contributed by atoms with Gasteiger partial charge in [-0.05, 0) is 30.4 Å². The van der Waals surface area contributed by atoms with Crippen LogP contribution in [0.3, 0.4) is 0 Å². The summed E-state index contributed by atoms with van der Waals surface area (Å²) < 4.78 is 0. The molecule has 6 nitrogen and oxygen atoms in total. The average molecular weight is 292 g/mol. The number of nitrogens with one attached hydrogen (secondary N) is 1. The van der Waals surface area contributed by atoms with Gasteiger partial charge < -0.3 is 15.8 Å². The van der Waals surface area contributed by atoms with Gasteiger partial charge in [-0.3, -0.25) is 4.79 Å². The Hall–Kier alpha value is -3.25. The third kappa shape index (κ3) is 2.07. The van der Waals surface area contributed by atoms with E-state index >= 15 is 0 Å². The molecule has 1 aliphatic carbocycles. The number of rotatable bonds is 2. The van der Waals surface area contributed by atoms with Gasteiger partial charge in [0.2, 0.25) is 0 Å². The van der Waals surface area contributed by atoms with Crippen molar-refractivity contribution in [1.29, 1.82) is 10.5 Å². The van der Waals surface area contributed by atoms with Gasteiger partial charge in [0.25, 0.3) is 5.56 Å². The highest BCUT2D eigenvalue weighted by Gasteiger charge is 2.26. The third-order valence-corrected chi connectivity index (χ3v) is 3.81. The monoisotopic (exact) mass is 292 g/mol. The smallest absolute Gasteiger partial charge is 0.268 e. The fourth-order valence-electron chi connectivity index (χ4n) is 2.54. The Bertz CT molecular complexity index is 911. The van der Waals surface area contributed by atoms with Gasteiger partial charge in [0.15, 0.2) is 0 Å². The third-order valence-electron chi connectivity index (χ3n) is 3.81. The lowest BCUT2D eigenvalue weighted by atomic mass is 9.94. The number of hydrogen-bond acceptors (Lipinski definition) is 5. The molecule has 4 N–H and O–H groups in total. The summed E-state index contributed by atoms with van der Waals surface area (Å²) in [6, 6.07) is 8.74. The molecule has 0 bridgehead atoms. The number of nitriles is 2. The van der Waals surface area contributed by atoms with E-state index in [1.807, 2.05) is 12.1 Å². The number of pyridine rings is 1. The summed E-state index contributed by atoms with van der Waals surface area (Å²) in [7, 11) is 0. The Morgan fingerprint density at radius 2 is 1.91 bits per heavy atom. The summed E-state index contributed by atoms with van der Waals surface area (Å²) in [6.07, 6.45) is 2.17. The van der Waals surface area contributed by atoms with Gasteiger partial charge >= 0.3 is 0 Å². The van der Waals surface area contributed by atoms with Gasteiger partial charge in [-0.2, -0.15) is 10.5 Å². The first kappa shape index (κ1) is 13.7. The molecule has 108 valence electrons. The number of anilines is 1. The van der Waals surface area contributed by atoms with Crippen LogP contribution in [0.25, 0.3) is 11.1 Å². The highest BCUT2D eigenvalue weighted by Crippen LogP contribution is 2.43. The minimum Gasteiger partial charge on any atom is -0.507 e. The molecular formula is C16H12N4O2. The van der Waals surface area contributed by atoms with Crippen LogP contribution >= 0.6 is 0 Å². The maximum Gasteiger partial charge on any atom is 0.268 e. The largest absolute Gasteiger partial charge is 0.507 e. The van der Waals surface area contributed by atoms with Crippen LogP contribution in [-0.4, -0.2) is 10.1 Å². The molecule has 1 saturated carbocycles. The van der Waals surface area contributed by atoms with Crippen molar-refractivity contribution in [1.82, 2.24) is 4.98 Å². The molecule has 1 fully saturated rings. The van der Waals surface area contributed by atoms with E-state index in [0.717, 1.165) is 18.4 Å². The molecule has 2 aromatic rings. The number of H-pyrrole nitrogens is 1. The van der Waals surface area contributed by atoms with E-state index in [4.69, 9.17) is 5.73 Å². The Morgan fingerprint density at radius 3 is 2.45 bits per heavy atom. The molecule has 0 aliphatic heterocycles. The number of benzene rings is 1. The normalized spacial score (nSPS) is 13.4. The van der Waals surface area contributed by atoms with Crippen molar-refractivity contribution in [3.8, 4) is 29.0 Å². The molecule has 0 atom stereocenters. The highest BCUT2D eigenvalue weighted by molar-refractivity contribution is 5.83.